The molecule has 0 radical (unpaired) electrons. The minimum atomic E-state index is 1.08. The standard InChI is InChI=1S/C20H28N/c1-21(2,18-20-15-8-4-9-16-20)17-11-5-10-14-19-12-6-3-7-13-19/h3-4,6-9,12-13,15-16H,5,10-11,14,17-18H2,1-2H3/q+1. The minimum Gasteiger partial charge on any atom is -0.325 e. The van der Waals surface area contributed by atoms with Crippen molar-refractivity contribution in [2.24, 2.45) is 0 Å². The third-order valence-electron chi connectivity index (χ3n) is 4.03. The first kappa shape index (κ1) is 15.8. The second-order valence-corrected chi connectivity index (χ2v) is 6.60. The van der Waals surface area contributed by atoms with Crippen LogP contribution in [0.25, 0.3) is 0 Å². The molecule has 0 saturated carbocycles. The van der Waals surface area contributed by atoms with Gasteiger partial charge in [-0.1, -0.05) is 60.7 Å². The Balaban J connectivity index is 1.65. The van der Waals surface area contributed by atoms with Gasteiger partial charge in [0.05, 0.1) is 20.6 Å². The zero-order valence-electron chi connectivity index (χ0n) is 13.5. The molecular weight excluding hydrogens is 254 g/mol. The summed E-state index contributed by atoms with van der Waals surface area (Å²) in [5.41, 5.74) is 2.90. The molecule has 1 heteroatoms. The Bertz CT molecular complexity index is 502. The third-order valence-corrected chi connectivity index (χ3v) is 4.03. The summed E-state index contributed by atoms with van der Waals surface area (Å²) < 4.78 is 1.08. The SMILES string of the molecule is C[N+](C)(CCCCCc1ccccc1)Cc1ccccc1. The molecule has 2 rings (SSSR count). The zero-order valence-corrected chi connectivity index (χ0v) is 13.5. The maximum Gasteiger partial charge on any atom is 0.104 e. The zero-order chi connectivity index (χ0) is 15.0. The highest BCUT2D eigenvalue weighted by Gasteiger charge is 2.14. The summed E-state index contributed by atoms with van der Waals surface area (Å²) in [4.78, 5) is 0. The number of unbranched alkanes of at least 4 members (excludes halogenated alkanes) is 2. The number of rotatable bonds is 8. The Morgan fingerprint density at radius 1 is 0.667 bits per heavy atom. The summed E-state index contributed by atoms with van der Waals surface area (Å²) in [5.74, 6) is 0. The predicted molar refractivity (Wildman–Crippen MR) is 91.1 cm³/mol. The van der Waals surface area contributed by atoms with E-state index in [-0.39, 0.29) is 0 Å². The van der Waals surface area contributed by atoms with Gasteiger partial charge >= 0.3 is 0 Å². The van der Waals surface area contributed by atoms with Crippen molar-refractivity contribution in [1.82, 2.24) is 0 Å². The van der Waals surface area contributed by atoms with Crippen LogP contribution in [0.15, 0.2) is 60.7 Å². The molecule has 0 aliphatic heterocycles. The van der Waals surface area contributed by atoms with Gasteiger partial charge in [0.1, 0.15) is 6.54 Å². The van der Waals surface area contributed by atoms with Crippen LogP contribution < -0.4 is 0 Å². The average Bonchev–Trinajstić information content (AvgIpc) is 2.48. The van der Waals surface area contributed by atoms with E-state index in [4.69, 9.17) is 0 Å². The van der Waals surface area contributed by atoms with E-state index < -0.39 is 0 Å². The average molecular weight is 282 g/mol. The summed E-state index contributed by atoms with van der Waals surface area (Å²) in [6.07, 6.45) is 5.15. The molecule has 0 aliphatic rings. The lowest BCUT2D eigenvalue weighted by molar-refractivity contribution is -0.903. The van der Waals surface area contributed by atoms with Gasteiger partial charge in [0.2, 0.25) is 0 Å². The molecule has 2 aromatic carbocycles. The Kier molecular flexibility index (Phi) is 6.01. The number of benzene rings is 2. The van der Waals surface area contributed by atoms with Gasteiger partial charge in [-0.3, -0.25) is 0 Å². The first-order valence-corrected chi connectivity index (χ1v) is 8.06. The lowest BCUT2D eigenvalue weighted by Crippen LogP contribution is -2.39. The van der Waals surface area contributed by atoms with E-state index in [0.717, 1.165) is 11.0 Å². The van der Waals surface area contributed by atoms with Crippen molar-refractivity contribution in [3.8, 4) is 0 Å². The van der Waals surface area contributed by atoms with E-state index in [1.54, 1.807) is 0 Å². The minimum absolute atomic E-state index is 1.08. The normalized spacial score (nSPS) is 11.5. The van der Waals surface area contributed by atoms with Crippen molar-refractivity contribution >= 4 is 0 Å². The molecule has 0 heterocycles. The van der Waals surface area contributed by atoms with Gasteiger partial charge in [-0.25, -0.2) is 0 Å². The van der Waals surface area contributed by atoms with E-state index in [9.17, 15) is 0 Å². The fraction of sp³-hybridized carbons (Fsp3) is 0.400. The van der Waals surface area contributed by atoms with Crippen molar-refractivity contribution in [2.45, 2.75) is 32.2 Å². The van der Waals surface area contributed by atoms with E-state index in [1.807, 2.05) is 0 Å². The summed E-state index contributed by atoms with van der Waals surface area (Å²) >= 11 is 0. The molecule has 0 N–H and O–H groups in total. The van der Waals surface area contributed by atoms with E-state index in [2.05, 4.69) is 74.8 Å². The van der Waals surface area contributed by atoms with Crippen LogP contribution in [0.5, 0.6) is 0 Å². The summed E-state index contributed by atoms with van der Waals surface area (Å²) in [6.45, 7) is 2.38. The van der Waals surface area contributed by atoms with Crippen molar-refractivity contribution in [1.29, 1.82) is 0 Å². The van der Waals surface area contributed by atoms with Crippen molar-refractivity contribution in [3.05, 3.63) is 71.8 Å². The molecule has 0 unspecified atom stereocenters. The van der Waals surface area contributed by atoms with Crippen LogP contribution in [0.2, 0.25) is 0 Å². The van der Waals surface area contributed by atoms with Gasteiger partial charge in [-0.2, -0.15) is 0 Å². The van der Waals surface area contributed by atoms with Crippen molar-refractivity contribution in [3.63, 3.8) is 0 Å². The first-order valence-electron chi connectivity index (χ1n) is 8.06. The Morgan fingerprint density at radius 3 is 1.86 bits per heavy atom. The van der Waals surface area contributed by atoms with Gasteiger partial charge in [0.15, 0.2) is 0 Å². The highest BCUT2D eigenvalue weighted by atomic mass is 15.3. The van der Waals surface area contributed by atoms with E-state index in [1.165, 1.54) is 43.4 Å². The number of hydrogen-bond donors (Lipinski definition) is 0. The van der Waals surface area contributed by atoms with Crippen LogP contribution in [-0.4, -0.2) is 25.1 Å². The van der Waals surface area contributed by atoms with Crippen molar-refractivity contribution < 1.29 is 4.48 Å². The molecule has 0 bridgehead atoms. The summed E-state index contributed by atoms with van der Waals surface area (Å²) in [5, 5.41) is 0. The number of hydrogen-bond acceptors (Lipinski definition) is 0. The topological polar surface area (TPSA) is 0 Å². The van der Waals surface area contributed by atoms with E-state index >= 15 is 0 Å². The van der Waals surface area contributed by atoms with Gasteiger partial charge < -0.3 is 4.48 Å². The molecule has 0 spiro atoms. The highest BCUT2D eigenvalue weighted by Crippen LogP contribution is 2.12. The first-order chi connectivity index (χ1) is 10.2. The predicted octanol–water partition coefficient (Wildman–Crippen LogP) is 4.68. The number of nitrogens with zero attached hydrogens (tertiary/aromatic N) is 1. The third kappa shape index (κ3) is 6.14. The lowest BCUT2D eigenvalue weighted by Gasteiger charge is -2.30. The summed E-state index contributed by atoms with van der Waals surface area (Å²) in [6, 6.07) is 21.6. The fourth-order valence-electron chi connectivity index (χ4n) is 2.85. The van der Waals surface area contributed by atoms with Crippen LogP contribution in [0.1, 0.15) is 30.4 Å². The maximum absolute atomic E-state index is 2.34. The summed E-state index contributed by atoms with van der Waals surface area (Å²) in [7, 11) is 4.67. The van der Waals surface area contributed by atoms with Crippen LogP contribution >= 0.6 is 0 Å². The van der Waals surface area contributed by atoms with Gasteiger partial charge in [-0.05, 0) is 31.2 Å². The fourth-order valence-corrected chi connectivity index (χ4v) is 2.85. The Morgan fingerprint density at radius 2 is 1.24 bits per heavy atom. The van der Waals surface area contributed by atoms with Crippen LogP contribution in [0.3, 0.4) is 0 Å². The molecule has 0 amide bonds. The van der Waals surface area contributed by atoms with E-state index in [0.29, 0.717) is 0 Å². The maximum atomic E-state index is 2.34. The highest BCUT2D eigenvalue weighted by molar-refractivity contribution is 5.14. The Labute approximate surface area is 129 Å². The second kappa shape index (κ2) is 7.99. The molecular formula is C20H28N+. The molecule has 0 aromatic heterocycles. The molecule has 0 saturated heterocycles. The second-order valence-electron chi connectivity index (χ2n) is 6.60. The monoisotopic (exact) mass is 282 g/mol. The lowest BCUT2D eigenvalue weighted by atomic mass is 10.1. The Hall–Kier alpha value is -1.60. The van der Waals surface area contributed by atoms with Crippen molar-refractivity contribution in [2.75, 3.05) is 20.6 Å². The molecule has 2 aromatic rings. The van der Waals surface area contributed by atoms with Gasteiger partial charge in [0.25, 0.3) is 0 Å². The molecule has 0 fully saturated rings. The van der Waals surface area contributed by atoms with Gasteiger partial charge in [0, 0.05) is 5.56 Å². The largest absolute Gasteiger partial charge is 0.325 e. The molecule has 112 valence electrons. The molecule has 21 heavy (non-hydrogen) atoms. The smallest absolute Gasteiger partial charge is 0.104 e. The molecule has 0 atom stereocenters. The van der Waals surface area contributed by atoms with Crippen LogP contribution in [0.4, 0.5) is 0 Å². The quantitative estimate of drug-likeness (QED) is 0.487. The number of aryl methyl sites for hydroxylation is 1. The van der Waals surface area contributed by atoms with Crippen LogP contribution in [0, 0.1) is 0 Å². The molecule has 1 nitrogen and oxygen atoms in total. The van der Waals surface area contributed by atoms with Crippen LogP contribution in [-0.2, 0) is 13.0 Å². The molecule has 0 aliphatic carbocycles. The number of quaternary nitrogens is 1. The van der Waals surface area contributed by atoms with Gasteiger partial charge in [-0.15, -0.1) is 0 Å².